The summed E-state index contributed by atoms with van der Waals surface area (Å²) in [4.78, 5) is 26.4. The minimum absolute atomic E-state index is 0.140. The van der Waals surface area contributed by atoms with Crippen LogP contribution in [0.15, 0.2) is 36.4 Å². The van der Waals surface area contributed by atoms with Gasteiger partial charge in [-0.15, -0.1) is 11.3 Å². The Morgan fingerprint density at radius 3 is 2.35 bits per heavy atom. The average molecular weight is 395 g/mol. The third-order valence-corrected chi connectivity index (χ3v) is 6.98. The van der Waals surface area contributed by atoms with E-state index in [4.69, 9.17) is 5.21 Å². The molecule has 8 heteroatoms. The van der Waals surface area contributed by atoms with Crippen LogP contribution in [0.2, 0.25) is 0 Å². The van der Waals surface area contributed by atoms with Crippen molar-refractivity contribution in [2.24, 2.45) is 0 Å². The van der Waals surface area contributed by atoms with Gasteiger partial charge in [0.2, 0.25) is 0 Å². The Hall–Kier alpha value is -2.03. The van der Waals surface area contributed by atoms with E-state index in [1.54, 1.807) is 23.5 Å². The number of amides is 2. The SMILES string of the molecule is Cc1ccc(-c2ccc(C(=O)NCCC(C)(C(=O)NO)S(C)=O)cc2)s1. The van der Waals surface area contributed by atoms with Crippen molar-refractivity contribution in [3.8, 4) is 10.4 Å². The first kappa shape index (κ1) is 20.3. The van der Waals surface area contributed by atoms with Gasteiger partial charge in [0.25, 0.3) is 11.8 Å². The van der Waals surface area contributed by atoms with Gasteiger partial charge in [0, 0.05) is 38.9 Å². The second kappa shape index (κ2) is 8.57. The number of hydroxylamine groups is 1. The monoisotopic (exact) mass is 394 g/mol. The number of carbonyl (C=O) groups excluding carboxylic acids is 2. The Bertz CT molecular complexity index is 817. The Kier molecular flexibility index (Phi) is 6.69. The number of thiophene rings is 1. The molecule has 0 saturated heterocycles. The van der Waals surface area contributed by atoms with Crippen molar-refractivity contribution < 1.29 is 19.0 Å². The number of hydrogen-bond acceptors (Lipinski definition) is 5. The first-order valence-corrected chi connectivity index (χ1v) is 10.4. The molecule has 3 N–H and O–H groups in total. The maximum absolute atomic E-state index is 12.3. The largest absolute Gasteiger partial charge is 0.352 e. The van der Waals surface area contributed by atoms with Gasteiger partial charge in [-0.25, -0.2) is 5.48 Å². The fourth-order valence-electron chi connectivity index (χ4n) is 2.40. The van der Waals surface area contributed by atoms with Gasteiger partial charge in [-0.1, -0.05) is 12.1 Å². The van der Waals surface area contributed by atoms with E-state index in [1.807, 2.05) is 25.1 Å². The maximum Gasteiger partial charge on any atom is 0.261 e. The van der Waals surface area contributed by atoms with Crippen LogP contribution in [0.25, 0.3) is 10.4 Å². The van der Waals surface area contributed by atoms with Crippen LogP contribution in [-0.4, -0.2) is 38.8 Å². The van der Waals surface area contributed by atoms with Crippen LogP contribution in [0.4, 0.5) is 0 Å². The lowest BCUT2D eigenvalue weighted by Crippen LogP contribution is -2.48. The standard InChI is InChI=1S/C18H22N2O4S2/c1-12-4-9-15(25-12)13-5-7-14(8-6-13)16(21)19-11-10-18(2,26(3)24)17(22)20-23/h4-9,23H,10-11H2,1-3H3,(H,19,21)(H,20,22). The first-order valence-electron chi connectivity index (χ1n) is 8.01. The van der Waals surface area contributed by atoms with E-state index in [1.165, 1.54) is 23.5 Å². The Balaban J connectivity index is 1.97. The first-order chi connectivity index (χ1) is 12.3. The molecule has 0 bridgehead atoms. The molecule has 26 heavy (non-hydrogen) atoms. The zero-order valence-electron chi connectivity index (χ0n) is 14.9. The van der Waals surface area contributed by atoms with Gasteiger partial charge < -0.3 is 5.32 Å². The highest BCUT2D eigenvalue weighted by Gasteiger charge is 2.37. The normalized spacial score (nSPS) is 14.3. The van der Waals surface area contributed by atoms with Crippen LogP contribution >= 0.6 is 11.3 Å². The van der Waals surface area contributed by atoms with Crippen molar-refractivity contribution in [2.45, 2.75) is 25.0 Å². The van der Waals surface area contributed by atoms with E-state index < -0.39 is 21.5 Å². The molecule has 0 aliphatic rings. The van der Waals surface area contributed by atoms with Crippen molar-refractivity contribution >= 4 is 34.0 Å². The highest BCUT2D eigenvalue weighted by Crippen LogP contribution is 2.27. The van der Waals surface area contributed by atoms with Crippen molar-refractivity contribution in [3.63, 3.8) is 0 Å². The van der Waals surface area contributed by atoms with Crippen molar-refractivity contribution in [2.75, 3.05) is 12.8 Å². The molecule has 2 unspecified atom stereocenters. The number of aryl methyl sites for hydroxylation is 1. The number of rotatable bonds is 7. The van der Waals surface area contributed by atoms with E-state index in [-0.39, 0.29) is 18.9 Å². The van der Waals surface area contributed by atoms with Crippen LogP contribution < -0.4 is 10.8 Å². The molecule has 2 aromatic rings. The minimum atomic E-state index is -1.50. The molecule has 0 fully saturated rings. The van der Waals surface area contributed by atoms with Gasteiger partial charge in [-0.3, -0.25) is 19.0 Å². The van der Waals surface area contributed by atoms with Gasteiger partial charge in [0.05, 0.1) is 0 Å². The van der Waals surface area contributed by atoms with E-state index in [0.717, 1.165) is 10.4 Å². The molecule has 140 valence electrons. The zero-order valence-corrected chi connectivity index (χ0v) is 16.5. The topological polar surface area (TPSA) is 95.5 Å². The van der Waals surface area contributed by atoms with Gasteiger partial charge in [-0.05, 0) is 50.1 Å². The summed E-state index contributed by atoms with van der Waals surface area (Å²) in [5, 5.41) is 11.5. The van der Waals surface area contributed by atoms with E-state index in [2.05, 4.69) is 11.4 Å². The molecule has 0 aliphatic heterocycles. The molecule has 1 aromatic carbocycles. The summed E-state index contributed by atoms with van der Waals surface area (Å²) in [6, 6.07) is 11.4. The second-order valence-corrected chi connectivity index (χ2v) is 9.22. The van der Waals surface area contributed by atoms with Gasteiger partial charge >= 0.3 is 0 Å². The van der Waals surface area contributed by atoms with Crippen LogP contribution in [0.5, 0.6) is 0 Å². The van der Waals surface area contributed by atoms with Crippen LogP contribution in [0.1, 0.15) is 28.6 Å². The summed E-state index contributed by atoms with van der Waals surface area (Å²) in [6.07, 6.45) is 1.53. The summed E-state index contributed by atoms with van der Waals surface area (Å²) >= 11 is 1.69. The zero-order chi connectivity index (χ0) is 19.3. The number of benzene rings is 1. The fourth-order valence-corrected chi connectivity index (χ4v) is 3.97. The lowest BCUT2D eigenvalue weighted by Gasteiger charge is -2.24. The lowest BCUT2D eigenvalue weighted by molar-refractivity contribution is -0.131. The highest BCUT2D eigenvalue weighted by molar-refractivity contribution is 7.86. The summed E-state index contributed by atoms with van der Waals surface area (Å²) in [6.45, 7) is 3.69. The van der Waals surface area contributed by atoms with Crippen LogP contribution in [0.3, 0.4) is 0 Å². The van der Waals surface area contributed by atoms with Gasteiger partial charge in [0.15, 0.2) is 0 Å². The Labute approximate surface area is 159 Å². The number of carbonyl (C=O) groups is 2. The van der Waals surface area contributed by atoms with Crippen molar-refractivity contribution in [1.82, 2.24) is 10.8 Å². The van der Waals surface area contributed by atoms with Crippen LogP contribution in [-0.2, 0) is 15.6 Å². The predicted molar refractivity (Wildman–Crippen MR) is 104 cm³/mol. The average Bonchev–Trinajstić information content (AvgIpc) is 3.07. The second-order valence-electron chi connectivity index (χ2n) is 6.12. The molecule has 0 aliphatic carbocycles. The van der Waals surface area contributed by atoms with E-state index >= 15 is 0 Å². The molecule has 1 heterocycles. The molecular weight excluding hydrogens is 372 g/mol. The molecule has 2 amide bonds. The van der Waals surface area contributed by atoms with Gasteiger partial charge in [0.1, 0.15) is 4.75 Å². The Morgan fingerprint density at radius 1 is 1.19 bits per heavy atom. The molecule has 1 aromatic heterocycles. The summed E-state index contributed by atoms with van der Waals surface area (Å²) in [7, 11) is -1.50. The van der Waals surface area contributed by atoms with Crippen LogP contribution in [0, 0.1) is 6.92 Å². The summed E-state index contributed by atoms with van der Waals surface area (Å²) in [5.74, 6) is -1.00. The quantitative estimate of drug-likeness (QED) is 0.497. The molecule has 0 spiro atoms. The van der Waals surface area contributed by atoms with E-state index in [0.29, 0.717) is 5.56 Å². The summed E-state index contributed by atoms with van der Waals surface area (Å²) in [5.41, 5.74) is 3.09. The van der Waals surface area contributed by atoms with E-state index in [9.17, 15) is 13.8 Å². The van der Waals surface area contributed by atoms with Gasteiger partial charge in [-0.2, -0.15) is 0 Å². The number of nitrogens with one attached hydrogen (secondary N) is 2. The number of hydrogen-bond donors (Lipinski definition) is 3. The smallest absolute Gasteiger partial charge is 0.261 e. The van der Waals surface area contributed by atoms with Crippen molar-refractivity contribution in [1.29, 1.82) is 0 Å². The predicted octanol–water partition coefficient (Wildman–Crippen LogP) is 2.49. The molecule has 0 radical (unpaired) electrons. The molecule has 6 nitrogen and oxygen atoms in total. The third kappa shape index (κ3) is 4.57. The molecular formula is C18H22N2O4S2. The maximum atomic E-state index is 12.3. The molecule has 2 atom stereocenters. The molecule has 2 rings (SSSR count). The Morgan fingerprint density at radius 2 is 1.85 bits per heavy atom. The van der Waals surface area contributed by atoms with Crippen molar-refractivity contribution in [3.05, 3.63) is 46.8 Å². The lowest BCUT2D eigenvalue weighted by atomic mass is 10.1. The summed E-state index contributed by atoms with van der Waals surface area (Å²) < 4.78 is 10.5. The fraction of sp³-hybridized carbons (Fsp3) is 0.333. The highest BCUT2D eigenvalue weighted by atomic mass is 32.2. The minimum Gasteiger partial charge on any atom is -0.352 e. The molecule has 0 saturated carbocycles. The third-order valence-electron chi connectivity index (χ3n) is 4.28.